The Morgan fingerprint density at radius 1 is 1.02 bits per heavy atom. The molecule has 10 heteroatoms. The van der Waals surface area contributed by atoms with E-state index in [1.807, 2.05) is 30.3 Å². The SMILES string of the molecule is CC(CCC(N)=O)C(C(F)F)N(C(=O)[C@@H](N)C(C)(O)Cc1ccc(OCc2ccccc2)cc1)c1ccccn1. The van der Waals surface area contributed by atoms with Crippen molar-refractivity contribution in [1.82, 2.24) is 4.98 Å². The van der Waals surface area contributed by atoms with Gasteiger partial charge in [0.05, 0.1) is 5.60 Å². The van der Waals surface area contributed by atoms with Crippen molar-refractivity contribution in [3.8, 4) is 5.75 Å². The predicted molar refractivity (Wildman–Crippen MR) is 149 cm³/mol. The van der Waals surface area contributed by atoms with Gasteiger partial charge < -0.3 is 21.3 Å². The molecule has 0 spiro atoms. The fourth-order valence-electron chi connectivity index (χ4n) is 4.45. The lowest BCUT2D eigenvalue weighted by Gasteiger charge is -2.39. The monoisotopic (exact) mass is 554 g/mol. The van der Waals surface area contributed by atoms with Crippen LogP contribution in [0.1, 0.15) is 37.8 Å². The number of rotatable bonds is 14. The summed E-state index contributed by atoms with van der Waals surface area (Å²) in [5, 5.41) is 11.3. The number of nitrogens with two attached hydrogens (primary N) is 2. The van der Waals surface area contributed by atoms with Gasteiger partial charge in [0, 0.05) is 19.0 Å². The van der Waals surface area contributed by atoms with Gasteiger partial charge in [0.2, 0.25) is 11.8 Å². The Morgan fingerprint density at radius 3 is 2.25 bits per heavy atom. The number of benzene rings is 2. The average Bonchev–Trinajstić information content (AvgIpc) is 2.94. The first-order valence-electron chi connectivity index (χ1n) is 13.0. The largest absolute Gasteiger partial charge is 0.489 e. The second kappa shape index (κ2) is 14.0. The van der Waals surface area contributed by atoms with Crippen LogP contribution in [-0.2, 0) is 22.6 Å². The van der Waals surface area contributed by atoms with E-state index in [1.165, 1.54) is 26.1 Å². The quantitative estimate of drug-likeness (QED) is 0.277. The number of carbonyl (C=O) groups is 2. The van der Waals surface area contributed by atoms with Crippen molar-refractivity contribution in [1.29, 1.82) is 0 Å². The maximum absolute atomic E-state index is 14.4. The summed E-state index contributed by atoms with van der Waals surface area (Å²) in [6.07, 6.45) is -1.72. The van der Waals surface area contributed by atoms with Crippen LogP contribution < -0.4 is 21.1 Å². The Labute approximate surface area is 233 Å². The average molecular weight is 555 g/mol. The molecule has 3 unspecified atom stereocenters. The van der Waals surface area contributed by atoms with E-state index in [1.54, 1.807) is 36.4 Å². The minimum absolute atomic E-state index is 0.0223. The van der Waals surface area contributed by atoms with Crippen molar-refractivity contribution in [2.75, 3.05) is 4.90 Å². The zero-order valence-corrected chi connectivity index (χ0v) is 22.6. The lowest BCUT2D eigenvalue weighted by atomic mass is 9.87. The molecule has 0 fully saturated rings. The number of amides is 2. The number of anilines is 1. The maximum atomic E-state index is 14.4. The molecule has 0 saturated heterocycles. The molecule has 1 heterocycles. The third-order valence-corrected chi connectivity index (χ3v) is 6.79. The van der Waals surface area contributed by atoms with E-state index in [2.05, 4.69) is 4.98 Å². The molecule has 0 aliphatic rings. The minimum atomic E-state index is -2.98. The second-order valence-corrected chi connectivity index (χ2v) is 10.1. The minimum Gasteiger partial charge on any atom is -0.489 e. The van der Waals surface area contributed by atoms with Gasteiger partial charge in [0.15, 0.2) is 0 Å². The lowest BCUT2D eigenvalue weighted by molar-refractivity contribution is -0.127. The van der Waals surface area contributed by atoms with Gasteiger partial charge in [0.1, 0.15) is 30.3 Å². The van der Waals surface area contributed by atoms with Gasteiger partial charge >= 0.3 is 0 Å². The van der Waals surface area contributed by atoms with E-state index >= 15 is 0 Å². The second-order valence-electron chi connectivity index (χ2n) is 10.1. The molecule has 0 aliphatic carbocycles. The third-order valence-electron chi connectivity index (χ3n) is 6.79. The molecule has 0 aliphatic heterocycles. The van der Waals surface area contributed by atoms with Crippen LogP contribution in [-0.4, -0.2) is 46.0 Å². The molecule has 4 atom stereocenters. The standard InChI is InChI=1S/C30H36F2N4O4/c1-20(11-16-24(33)37)26(28(31)32)36(25-10-6-7-17-35-25)29(38)27(34)30(2,39)18-21-12-14-23(15-13-21)40-19-22-8-4-3-5-9-22/h3-10,12-15,17,20,26-28,39H,11,16,18-19,34H2,1-2H3,(H2,33,37)/t20?,26?,27-,30?/m1/s1. The van der Waals surface area contributed by atoms with E-state index in [9.17, 15) is 23.5 Å². The fraction of sp³-hybridized carbons (Fsp3) is 0.367. The molecule has 2 amide bonds. The van der Waals surface area contributed by atoms with Crippen molar-refractivity contribution >= 4 is 17.6 Å². The normalized spacial score (nSPS) is 15.1. The number of hydrogen-bond donors (Lipinski definition) is 3. The summed E-state index contributed by atoms with van der Waals surface area (Å²) in [4.78, 5) is 29.9. The first-order valence-corrected chi connectivity index (χ1v) is 13.0. The number of alkyl halides is 2. The zero-order valence-electron chi connectivity index (χ0n) is 22.6. The summed E-state index contributed by atoms with van der Waals surface area (Å²) >= 11 is 0. The smallest absolute Gasteiger partial charge is 0.259 e. The van der Waals surface area contributed by atoms with Crippen molar-refractivity contribution in [3.05, 3.63) is 90.1 Å². The maximum Gasteiger partial charge on any atom is 0.259 e. The molecule has 8 nitrogen and oxygen atoms in total. The van der Waals surface area contributed by atoms with Crippen molar-refractivity contribution in [2.24, 2.45) is 17.4 Å². The van der Waals surface area contributed by atoms with Crippen molar-refractivity contribution in [3.63, 3.8) is 0 Å². The number of pyridine rings is 1. The molecular formula is C30H36F2N4O4. The van der Waals surface area contributed by atoms with Gasteiger partial charge in [-0.2, -0.15) is 0 Å². The Balaban J connectivity index is 1.78. The molecule has 1 aromatic heterocycles. The lowest BCUT2D eigenvalue weighted by Crippen LogP contribution is -2.61. The third kappa shape index (κ3) is 8.30. The highest BCUT2D eigenvalue weighted by Gasteiger charge is 2.44. The molecular weight excluding hydrogens is 518 g/mol. The van der Waals surface area contributed by atoms with E-state index in [0.717, 1.165) is 10.5 Å². The van der Waals surface area contributed by atoms with Gasteiger partial charge in [-0.15, -0.1) is 0 Å². The van der Waals surface area contributed by atoms with Crippen LogP contribution in [0.3, 0.4) is 0 Å². The van der Waals surface area contributed by atoms with Crippen LogP contribution >= 0.6 is 0 Å². The Kier molecular flexibility index (Phi) is 10.7. The van der Waals surface area contributed by atoms with Gasteiger partial charge in [-0.25, -0.2) is 13.8 Å². The van der Waals surface area contributed by atoms with Crippen LogP contribution in [0.5, 0.6) is 5.75 Å². The number of primary amides is 1. The van der Waals surface area contributed by atoms with Crippen molar-refractivity contribution in [2.45, 2.75) is 63.8 Å². The number of ether oxygens (including phenoxy) is 1. The molecule has 3 rings (SSSR count). The number of aromatic nitrogens is 1. The molecule has 5 N–H and O–H groups in total. The summed E-state index contributed by atoms with van der Waals surface area (Å²) in [5.41, 5.74) is 11.4. The molecule has 0 radical (unpaired) electrons. The van der Waals surface area contributed by atoms with Crippen LogP contribution in [0.25, 0.3) is 0 Å². The first-order chi connectivity index (χ1) is 19.0. The number of hydrogen-bond acceptors (Lipinski definition) is 6. The number of aliphatic hydroxyl groups is 1. The van der Waals surface area contributed by atoms with E-state index in [0.29, 0.717) is 17.9 Å². The fourth-order valence-corrected chi connectivity index (χ4v) is 4.45. The summed E-state index contributed by atoms with van der Waals surface area (Å²) in [6, 6.07) is 18.0. The Bertz CT molecular complexity index is 1230. The van der Waals surface area contributed by atoms with Crippen molar-refractivity contribution < 1.29 is 28.2 Å². The highest BCUT2D eigenvalue weighted by atomic mass is 19.3. The van der Waals surface area contributed by atoms with Crippen LogP contribution in [0.2, 0.25) is 0 Å². The summed E-state index contributed by atoms with van der Waals surface area (Å²) in [7, 11) is 0. The van der Waals surface area contributed by atoms with Crippen LogP contribution in [0.15, 0.2) is 79.0 Å². The Hall–Kier alpha value is -3.89. The molecule has 2 aromatic carbocycles. The molecule has 0 bridgehead atoms. The van der Waals surface area contributed by atoms with Gasteiger partial charge in [-0.3, -0.25) is 14.5 Å². The summed E-state index contributed by atoms with van der Waals surface area (Å²) in [5.74, 6) is -1.78. The zero-order chi connectivity index (χ0) is 29.3. The number of nitrogens with zero attached hydrogens (tertiary/aromatic N) is 2. The molecule has 214 valence electrons. The highest BCUT2D eigenvalue weighted by molar-refractivity contribution is 5.97. The van der Waals surface area contributed by atoms with E-state index < -0.39 is 41.8 Å². The van der Waals surface area contributed by atoms with Gasteiger partial charge in [-0.1, -0.05) is 55.5 Å². The highest BCUT2D eigenvalue weighted by Crippen LogP contribution is 2.29. The molecule has 40 heavy (non-hydrogen) atoms. The van der Waals surface area contributed by atoms with Crippen LogP contribution in [0, 0.1) is 5.92 Å². The number of carbonyl (C=O) groups excluding carboxylic acids is 2. The predicted octanol–water partition coefficient (Wildman–Crippen LogP) is 3.85. The van der Waals surface area contributed by atoms with E-state index in [-0.39, 0.29) is 25.1 Å². The van der Waals surface area contributed by atoms with Gasteiger partial charge in [-0.05, 0) is 54.7 Å². The van der Waals surface area contributed by atoms with Crippen LogP contribution in [0.4, 0.5) is 14.6 Å². The first kappa shape index (κ1) is 30.6. The van der Waals surface area contributed by atoms with Gasteiger partial charge in [0.25, 0.3) is 6.43 Å². The number of halogens is 2. The topological polar surface area (TPSA) is 132 Å². The molecule has 3 aromatic rings. The van der Waals surface area contributed by atoms with E-state index in [4.69, 9.17) is 16.2 Å². The molecule has 0 saturated carbocycles. The summed E-state index contributed by atoms with van der Waals surface area (Å²) < 4.78 is 34.7. The summed E-state index contributed by atoms with van der Waals surface area (Å²) in [6.45, 7) is 3.29. The Morgan fingerprint density at radius 2 is 1.68 bits per heavy atom.